The van der Waals surface area contributed by atoms with E-state index in [1.165, 1.54) is 41.4 Å². The van der Waals surface area contributed by atoms with Gasteiger partial charge in [0.05, 0.1) is 23.2 Å². The van der Waals surface area contributed by atoms with Crippen molar-refractivity contribution in [1.82, 2.24) is 4.90 Å². The lowest BCUT2D eigenvalue weighted by Crippen LogP contribution is -2.57. The SMILES string of the molecule is O=C(N1CCC/C1=C\SCC[C@@H]1OCC[C@@]2(S(=O)(=O)c3ccc(Cl)cc3)c3c(F)ccc(F)c3OC[C@@H]12)C(F)(F)F. The number of rotatable bonds is 6. The first-order valence-corrected chi connectivity index (χ1v) is 15.7. The van der Waals surface area contributed by atoms with Gasteiger partial charge in [-0.1, -0.05) is 11.6 Å². The van der Waals surface area contributed by atoms with Crippen molar-refractivity contribution < 1.29 is 44.6 Å². The van der Waals surface area contributed by atoms with Crippen LogP contribution in [0.15, 0.2) is 52.4 Å². The highest BCUT2D eigenvalue weighted by molar-refractivity contribution is 8.02. The number of carbonyl (C=O) groups is 1. The smallest absolute Gasteiger partial charge is 0.471 e. The Balaban J connectivity index is 1.45. The van der Waals surface area contributed by atoms with E-state index in [0.717, 1.165) is 17.0 Å². The van der Waals surface area contributed by atoms with Crippen molar-refractivity contribution in [1.29, 1.82) is 0 Å². The zero-order valence-corrected chi connectivity index (χ0v) is 23.8. The van der Waals surface area contributed by atoms with Crippen LogP contribution in [-0.4, -0.2) is 57.0 Å². The van der Waals surface area contributed by atoms with E-state index in [-0.39, 0.29) is 48.8 Å². The van der Waals surface area contributed by atoms with Crippen molar-refractivity contribution in [3.63, 3.8) is 0 Å². The standard InChI is InChI=1S/C27H25ClF5NO5S2/c28-16-3-5-18(6-4-16)41(36,37)26-10-12-38-22(19(26)14-39-24-21(30)8-7-20(29)23(24)26)9-13-40-15-17-2-1-11-34(17)25(35)27(31,32)33/h3-8,15,19,22H,1-2,9-14H2/b17-15+/t19-,22-,26-/m0/s1. The first-order valence-electron chi connectivity index (χ1n) is 12.8. The number of alkyl halides is 3. The summed E-state index contributed by atoms with van der Waals surface area (Å²) >= 11 is 7.14. The summed E-state index contributed by atoms with van der Waals surface area (Å²) in [6.07, 6.45) is -4.93. The minimum absolute atomic E-state index is 0.0253. The molecule has 2 fully saturated rings. The molecule has 3 aliphatic rings. The van der Waals surface area contributed by atoms with Crippen LogP contribution < -0.4 is 4.74 Å². The number of likely N-dealkylation sites (tertiary alicyclic amines) is 1. The van der Waals surface area contributed by atoms with Crippen molar-refractivity contribution in [3.05, 3.63) is 69.7 Å². The van der Waals surface area contributed by atoms with E-state index in [1.807, 2.05) is 0 Å². The van der Waals surface area contributed by atoms with Gasteiger partial charge in [0.15, 0.2) is 21.4 Å². The molecule has 2 aromatic carbocycles. The second-order valence-electron chi connectivity index (χ2n) is 9.98. The molecule has 2 aromatic rings. The molecule has 3 heterocycles. The summed E-state index contributed by atoms with van der Waals surface area (Å²) in [7, 11) is -4.36. The van der Waals surface area contributed by atoms with E-state index < -0.39 is 56.1 Å². The second kappa shape index (κ2) is 11.4. The average Bonchev–Trinajstić information content (AvgIpc) is 3.40. The van der Waals surface area contributed by atoms with Gasteiger partial charge in [-0.05, 0) is 73.2 Å². The molecule has 0 radical (unpaired) electrons. The summed E-state index contributed by atoms with van der Waals surface area (Å²) in [5.74, 6) is -4.79. The van der Waals surface area contributed by atoms with Gasteiger partial charge in [-0.15, -0.1) is 11.8 Å². The molecule has 0 spiro atoms. The lowest BCUT2D eigenvalue weighted by molar-refractivity contribution is -0.182. The molecule has 0 aliphatic carbocycles. The van der Waals surface area contributed by atoms with Crippen molar-refractivity contribution in [2.75, 3.05) is 25.5 Å². The van der Waals surface area contributed by atoms with Crippen LogP contribution in [0.3, 0.4) is 0 Å². The molecule has 3 atom stereocenters. The van der Waals surface area contributed by atoms with Gasteiger partial charge in [-0.2, -0.15) is 13.2 Å². The molecule has 1 amide bonds. The summed E-state index contributed by atoms with van der Waals surface area (Å²) < 4.78 is 107. The molecule has 5 rings (SSSR count). The fourth-order valence-corrected chi connectivity index (χ4v) is 9.27. The molecule has 14 heteroatoms. The molecule has 0 N–H and O–H groups in total. The van der Waals surface area contributed by atoms with Crippen molar-refractivity contribution in [2.24, 2.45) is 5.92 Å². The second-order valence-corrected chi connectivity index (χ2v) is 13.6. The average molecular weight is 638 g/mol. The summed E-state index contributed by atoms with van der Waals surface area (Å²) in [5, 5.41) is 1.80. The summed E-state index contributed by atoms with van der Waals surface area (Å²) in [4.78, 5) is 12.3. The number of halogens is 6. The lowest BCUT2D eigenvalue weighted by atomic mass is 9.75. The minimum Gasteiger partial charge on any atom is -0.490 e. The first kappa shape index (κ1) is 30.1. The zero-order chi connectivity index (χ0) is 29.6. The van der Waals surface area contributed by atoms with Gasteiger partial charge in [0.2, 0.25) is 0 Å². The van der Waals surface area contributed by atoms with Crippen LogP contribution in [0, 0.1) is 17.6 Å². The number of fused-ring (bicyclic) bond motifs is 3. The highest BCUT2D eigenvalue weighted by Crippen LogP contribution is 2.56. The molecule has 3 aliphatic heterocycles. The third-order valence-electron chi connectivity index (χ3n) is 7.73. The summed E-state index contributed by atoms with van der Waals surface area (Å²) in [5.41, 5.74) is -0.118. The van der Waals surface area contributed by atoms with E-state index >= 15 is 4.39 Å². The maximum absolute atomic E-state index is 15.5. The zero-order valence-electron chi connectivity index (χ0n) is 21.4. The van der Waals surface area contributed by atoms with Crippen LogP contribution in [0.25, 0.3) is 0 Å². The molecule has 0 bridgehead atoms. The predicted molar refractivity (Wildman–Crippen MR) is 142 cm³/mol. The van der Waals surface area contributed by atoms with E-state index in [0.29, 0.717) is 23.6 Å². The molecular formula is C27H25ClF5NO5S2. The van der Waals surface area contributed by atoms with Gasteiger partial charge >= 0.3 is 12.1 Å². The Labute approximate surface area is 242 Å². The lowest BCUT2D eigenvalue weighted by Gasteiger charge is -2.50. The van der Waals surface area contributed by atoms with Crippen LogP contribution in [0.5, 0.6) is 5.75 Å². The first-order chi connectivity index (χ1) is 19.4. The Morgan fingerprint density at radius 2 is 1.85 bits per heavy atom. The van der Waals surface area contributed by atoms with Gasteiger partial charge in [0, 0.05) is 29.8 Å². The molecule has 0 aromatic heterocycles. The van der Waals surface area contributed by atoms with Gasteiger partial charge in [-0.3, -0.25) is 4.79 Å². The maximum atomic E-state index is 15.5. The van der Waals surface area contributed by atoms with Gasteiger partial charge < -0.3 is 14.4 Å². The van der Waals surface area contributed by atoms with Crippen molar-refractivity contribution in [3.8, 4) is 5.75 Å². The van der Waals surface area contributed by atoms with Crippen LogP contribution in [-0.2, 0) is 24.1 Å². The van der Waals surface area contributed by atoms with E-state index in [4.69, 9.17) is 21.1 Å². The Morgan fingerprint density at radius 1 is 1.15 bits per heavy atom. The van der Waals surface area contributed by atoms with Crippen LogP contribution in [0.2, 0.25) is 5.02 Å². The van der Waals surface area contributed by atoms with Gasteiger partial charge in [0.25, 0.3) is 0 Å². The van der Waals surface area contributed by atoms with Gasteiger partial charge in [-0.25, -0.2) is 17.2 Å². The fourth-order valence-electron chi connectivity index (χ4n) is 5.88. The van der Waals surface area contributed by atoms with Gasteiger partial charge in [0.1, 0.15) is 10.6 Å². The van der Waals surface area contributed by atoms with E-state index in [1.54, 1.807) is 0 Å². The number of hydrogen-bond donors (Lipinski definition) is 0. The molecule has 2 saturated heterocycles. The van der Waals surface area contributed by atoms with Crippen molar-refractivity contribution in [2.45, 2.75) is 47.6 Å². The number of benzene rings is 2. The molecular weight excluding hydrogens is 613 g/mol. The third kappa shape index (κ3) is 5.34. The molecule has 6 nitrogen and oxygen atoms in total. The van der Waals surface area contributed by atoms with Crippen LogP contribution >= 0.6 is 23.4 Å². The molecule has 41 heavy (non-hydrogen) atoms. The number of carbonyl (C=O) groups excluding carboxylic acids is 1. The molecule has 0 saturated carbocycles. The number of amides is 1. The maximum Gasteiger partial charge on any atom is 0.471 e. The number of nitrogens with zero attached hydrogens (tertiary/aromatic N) is 1. The number of thioether (sulfide) groups is 1. The predicted octanol–water partition coefficient (Wildman–Crippen LogP) is 6.23. The summed E-state index contributed by atoms with van der Waals surface area (Å²) in [6, 6.07) is 7.20. The number of ether oxygens (including phenoxy) is 2. The largest absolute Gasteiger partial charge is 0.490 e. The summed E-state index contributed by atoms with van der Waals surface area (Å²) in [6.45, 7) is -0.351. The number of allylic oxidation sites excluding steroid dienone is 1. The molecule has 0 unspecified atom stereocenters. The highest BCUT2D eigenvalue weighted by atomic mass is 35.5. The van der Waals surface area contributed by atoms with E-state index in [2.05, 4.69) is 0 Å². The normalized spacial score (nSPS) is 25.5. The number of sulfone groups is 1. The molecule has 222 valence electrons. The van der Waals surface area contributed by atoms with Crippen LogP contribution in [0.4, 0.5) is 22.0 Å². The quantitative estimate of drug-likeness (QED) is 0.276. The Kier molecular flexibility index (Phi) is 8.36. The monoisotopic (exact) mass is 637 g/mol. The Bertz CT molecular complexity index is 1470. The minimum atomic E-state index is -4.98. The van der Waals surface area contributed by atoms with E-state index in [9.17, 15) is 30.8 Å². The topological polar surface area (TPSA) is 72.9 Å². The third-order valence-corrected chi connectivity index (χ3v) is 11.5. The Morgan fingerprint density at radius 3 is 2.56 bits per heavy atom. The van der Waals surface area contributed by atoms with Crippen LogP contribution in [0.1, 0.15) is 31.2 Å². The number of hydrogen-bond acceptors (Lipinski definition) is 6. The Hall–Kier alpha value is -2.35. The van der Waals surface area contributed by atoms with Crippen molar-refractivity contribution >= 4 is 39.1 Å². The fraction of sp³-hybridized carbons (Fsp3) is 0.444. The highest BCUT2D eigenvalue weighted by Gasteiger charge is 2.61.